The number of hydrogen-bond acceptors (Lipinski definition) is 7. The molecule has 0 saturated carbocycles. The van der Waals surface area contributed by atoms with Gasteiger partial charge in [-0.25, -0.2) is 9.78 Å². The summed E-state index contributed by atoms with van der Waals surface area (Å²) in [6.45, 7) is 2.28. The predicted molar refractivity (Wildman–Crippen MR) is 88.7 cm³/mol. The number of esters is 1. The van der Waals surface area contributed by atoms with Crippen molar-refractivity contribution >= 4 is 11.9 Å². The van der Waals surface area contributed by atoms with Crippen LogP contribution in [0, 0.1) is 0 Å². The van der Waals surface area contributed by atoms with Gasteiger partial charge < -0.3 is 18.8 Å². The first-order chi connectivity index (χ1) is 12.7. The molecule has 1 atom stereocenters. The van der Waals surface area contributed by atoms with E-state index in [2.05, 4.69) is 14.7 Å². The summed E-state index contributed by atoms with van der Waals surface area (Å²) in [6.07, 6.45) is 4.36. The number of pyridine rings is 1. The maximum atomic E-state index is 12.8. The predicted octanol–water partition coefficient (Wildman–Crippen LogP) is 1.56. The lowest BCUT2D eigenvalue weighted by Crippen LogP contribution is -2.36. The summed E-state index contributed by atoms with van der Waals surface area (Å²) in [4.78, 5) is 34.7. The number of fused-ring (bicyclic) bond motifs is 1. The van der Waals surface area contributed by atoms with Crippen molar-refractivity contribution in [2.75, 3.05) is 26.9 Å². The third-order valence-electron chi connectivity index (χ3n) is 4.72. The van der Waals surface area contributed by atoms with Gasteiger partial charge in [0.25, 0.3) is 5.91 Å². The van der Waals surface area contributed by atoms with Gasteiger partial charge >= 0.3 is 5.97 Å². The van der Waals surface area contributed by atoms with Crippen LogP contribution in [0.2, 0.25) is 0 Å². The highest BCUT2D eigenvalue weighted by Gasteiger charge is 2.30. The van der Waals surface area contributed by atoms with Gasteiger partial charge in [-0.1, -0.05) is 0 Å². The third-order valence-corrected chi connectivity index (χ3v) is 4.72. The molecule has 1 amide bonds. The van der Waals surface area contributed by atoms with Crippen molar-refractivity contribution in [1.29, 1.82) is 0 Å². The van der Waals surface area contributed by atoms with Crippen molar-refractivity contribution in [2.45, 2.75) is 25.3 Å². The van der Waals surface area contributed by atoms with Crippen molar-refractivity contribution in [3.05, 3.63) is 46.9 Å². The van der Waals surface area contributed by atoms with Crippen LogP contribution in [0.3, 0.4) is 0 Å². The highest BCUT2D eigenvalue weighted by atomic mass is 16.5. The zero-order valence-corrected chi connectivity index (χ0v) is 14.4. The minimum Gasteiger partial charge on any atom is -0.465 e. The van der Waals surface area contributed by atoms with Gasteiger partial charge in [-0.05, 0) is 12.5 Å². The van der Waals surface area contributed by atoms with Gasteiger partial charge in [0.05, 0.1) is 37.3 Å². The maximum absolute atomic E-state index is 12.8. The molecular weight excluding hydrogens is 338 g/mol. The lowest BCUT2D eigenvalue weighted by atomic mass is 10.1. The van der Waals surface area contributed by atoms with Crippen LogP contribution >= 0.6 is 0 Å². The third kappa shape index (κ3) is 3.08. The molecule has 0 spiro atoms. The molecule has 1 fully saturated rings. The normalized spacial score (nSPS) is 19.3. The number of aromatic nitrogens is 2. The van der Waals surface area contributed by atoms with Crippen molar-refractivity contribution in [3.8, 4) is 0 Å². The number of hydrogen-bond donors (Lipinski definition) is 0. The summed E-state index contributed by atoms with van der Waals surface area (Å²) in [6, 6.07) is 1.50. The van der Waals surface area contributed by atoms with Gasteiger partial charge in [-0.2, -0.15) is 0 Å². The first-order valence-corrected chi connectivity index (χ1v) is 8.54. The highest BCUT2D eigenvalue weighted by Crippen LogP contribution is 2.29. The summed E-state index contributed by atoms with van der Waals surface area (Å²) < 4.78 is 16.0. The smallest absolute Gasteiger partial charge is 0.339 e. The van der Waals surface area contributed by atoms with Gasteiger partial charge in [0.2, 0.25) is 0 Å². The van der Waals surface area contributed by atoms with Gasteiger partial charge in [-0.15, -0.1) is 0 Å². The molecule has 4 heterocycles. The summed E-state index contributed by atoms with van der Waals surface area (Å²) in [7, 11) is 1.29. The molecule has 0 aliphatic carbocycles. The number of carbonyl (C=O) groups excluding carboxylic acids is 2. The molecule has 0 aromatic carbocycles. The average Bonchev–Trinajstić information content (AvgIpc) is 3.35. The fourth-order valence-electron chi connectivity index (χ4n) is 3.26. The fraction of sp³-hybridized carbons (Fsp3) is 0.444. The molecule has 136 valence electrons. The standard InChI is InChI=1S/C18H19N3O5/c1-24-18(23)13-6-12(7-19-8-13)17(22)21-4-2-15-14(9-21)20-16(26-15)11-3-5-25-10-11/h6-8,11H,2-5,9-10H2,1H3. The topological polar surface area (TPSA) is 94.8 Å². The van der Waals surface area contributed by atoms with Crippen LogP contribution in [0.15, 0.2) is 22.9 Å². The molecule has 26 heavy (non-hydrogen) atoms. The molecule has 0 bridgehead atoms. The average molecular weight is 357 g/mol. The van der Waals surface area contributed by atoms with E-state index >= 15 is 0 Å². The van der Waals surface area contributed by atoms with Crippen LogP contribution in [-0.4, -0.2) is 53.6 Å². The number of ether oxygens (including phenoxy) is 2. The van der Waals surface area contributed by atoms with E-state index in [1.807, 2.05) is 0 Å². The minimum absolute atomic E-state index is 0.192. The van der Waals surface area contributed by atoms with E-state index in [1.165, 1.54) is 25.6 Å². The molecule has 2 aliphatic heterocycles. The minimum atomic E-state index is -0.520. The Morgan fingerprint density at radius 3 is 2.92 bits per heavy atom. The SMILES string of the molecule is COC(=O)c1cncc(C(=O)N2CCc3oc(C4CCOC4)nc3C2)c1. The van der Waals surface area contributed by atoms with Crippen LogP contribution in [0.25, 0.3) is 0 Å². The Morgan fingerprint density at radius 1 is 1.31 bits per heavy atom. The van der Waals surface area contributed by atoms with Gasteiger partial charge in [-0.3, -0.25) is 9.78 Å². The first-order valence-electron chi connectivity index (χ1n) is 8.54. The Balaban J connectivity index is 1.51. The van der Waals surface area contributed by atoms with E-state index in [-0.39, 0.29) is 17.4 Å². The largest absolute Gasteiger partial charge is 0.465 e. The van der Waals surface area contributed by atoms with Crippen LogP contribution in [0.4, 0.5) is 0 Å². The molecule has 8 nitrogen and oxygen atoms in total. The van der Waals surface area contributed by atoms with Gasteiger partial charge in [0, 0.05) is 32.0 Å². The molecule has 2 aromatic rings. The van der Waals surface area contributed by atoms with Crippen molar-refractivity contribution < 1.29 is 23.5 Å². The summed E-state index contributed by atoms with van der Waals surface area (Å²) in [5.41, 5.74) is 1.40. The summed E-state index contributed by atoms with van der Waals surface area (Å²) in [5, 5.41) is 0. The monoisotopic (exact) mass is 357 g/mol. The van der Waals surface area contributed by atoms with Crippen LogP contribution < -0.4 is 0 Å². The molecule has 2 aliphatic rings. The van der Waals surface area contributed by atoms with E-state index in [1.54, 1.807) is 4.90 Å². The number of amides is 1. The van der Waals surface area contributed by atoms with E-state index in [0.29, 0.717) is 37.6 Å². The van der Waals surface area contributed by atoms with Crippen molar-refractivity contribution in [3.63, 3.8) is 0 Å². The molecule has 2 aromatic heterocycles. The van der Waals surface area contributed by atoms with E-state index in [0.717, 1.165) is 24.5 Å². The number of rotatable bonds is 3. The number of oxazole rings is 1. The van der Waals surface area contributed by atoms with Crippen molar-refractivity contribution in [2.24, 2.45) is 0 Å². The second-order valence-corrected chi connectivity index (χ2v) is 6.41. The Labute approximate surface area is 150 Å². The number of carbonyl (C=O) groups is 2. The Bertz CT molecular complexity index is 841. The molecular formula is C18H19N3O5. The molecule has 0 radical (unpaired) electrons. The second kappa shape index (κ2) is 6.87. The quantitative estimate of drug-likeness (QED) is 0.769. The Morgan fingerprint density at radius 2 is 2.15 bits per heavy atom. The van der Waals surface area contributed by atoms with Crippen LogP contribution in [0.1, 0.15) is 50.4 Å². The number of nitrogens with zero attached hydrogens (tertiary/aromatic N) is 3. The maximum Gasteiger partial charge on any atom is 0.339 e. The molecule has 4 rings (SSSR count). The molecule has 1 saturated heterocycles. The van der Waals surface area contributed by atoms with E-state index in [4.69, 9.17) is 9.15 Å². The highest BCUT2D eigenvalue weighted by molar-refractivity contribution is 5.97. The summed E-state index contributed by atoms with van der Waals surface area (Å²) >= 11 is 0. The zero-order chi connectivity index (χ0) is 18.1. The first kappa shape index (κ1) is 16.7. The van der Waals surface area contributed by atoms with Crippen molar-refractivity contribution in [1.82, 2.24) is 14.9 Å². The van der Waals surface area contributed by atoms with Gasteiger partial charge in [0.15, 0.2) is 5.89 Å². The van der Waals surface area contributed by atoms with E-state index < -0.39 is 5.97 Å². The molecule has 0 N–H and O–H groups in total. The molecule has 1 unspecified atom stereocenters. The van der Waals surface area contributed by atoms with Gasteiger partial charge in [0.1, 0.15) is 11.5 Å². The lowest BCUT2D eigenvalue weighted by molar-refractivity contribution is 0.0600. The van der Waals surface area contributed by atoms with Crippen LogP contribution in [0.5, 0.6) is 0 Å². The second-order valence-electron chi connectivity index (χ2n) is 6.41. The molecule has 8 heteroatoms. The number of methoxy groups -OCH3 is 1. The van der Waals surface area contributed by atoms with Crippen LogP contribution in [-0.2, 0) is 22.4 Å². The lowest BCUT2D eigenvalue weighted by Gasteiger charge is -2.25. The Kier molecular flexibility index (Phi) is 4.42. The summed E-state index contributed by atoms with van der Waals surface area (Å²) in [5.74, 6) is 1.04. The Hall–Kier alpha value is -2.74. The zero-order valence-electron chi connectivity index (χ0n) is 14.4. The van der Waals surface area contributed by atoms with E-state index in [9.17, 15) is 9.59 Å². The fourth-order valence-corrected chi connectivity index (χ4v) is 3.26.